The minimum Gasteiger partial charge on any atom is -0.460 e. The lowest BCUT2D eigenvalue weighted by Gasteiger charge is -2.16. The Kier molecular flexibility index (Phi) is 7.29. The van der Waals surface area contributed by atoms with Crippen LogP contribution in [0.2, 0.25) is 0 Å². The van der Waals surface area contributed by atoms with Crippen molar-refractivity contribution in [2.75, 3.05) is 0 Å². The Bertz CT molecular complexity index is 3470. The lowest BCUT2D eigenvalue weighted by Crippen LogP contribution is -2.07. The van der Waals surface area contributed by atoms with Gasteiger partial charge < -0.3 is 8.83 Å². The van der Waals surface area contributed by atoms with Crippen LogP contribution >= 0.6 is 0 Å². The van der Waals surface area contributed by atoms with Crippen LogP contribution in [0, 0.1) is 0 Å². The summed E-state index contributed by atoms with van der Waals surface area (Å²) in [6.45, 7) is 0. The summed E-state index contributed by atoms with van der Waals surface area (Å²) in [5.74, 6) is 2.85. The van der Waals surface area contributed by atoms with Crippen LogP contribution in [-0.2, 0) is 6.42 Å². The number of furan rings is 2. The maximum Gasteiger partial charge on any atom is 0.164 e. The van der Waals surface area contributed by atoms with Gasteiger partial charge in [0, 0.05) is 44.8 Å². The zero-order chi connectivity index (χ0) is 38.2. The summed E-state index contributed by atoms with van der Waals surface area (Å²) in [6.07, 6.45) is 3.93. The summed E-state index contributed by atoms with van der Waals surface area (Å²) < 4.78 is 12.9. The highest BCUT2D eigenvalue weighted by molar-refractivity contribution is 6.17. The summed E-state index contributed by atoms with van der Waals surface area (Å²) >= 11 is 0. The van der Waals surface area contributed by atoms with E-state index in [1.807, 2.05) is 24.3 Å². The second kappa shape index (κ2) is 13.0. The maximum absolute atomic E-state index is 6.54. The first-order valence-electron chi connectivity index (χ1n) is 19.7. The van der Waals surface area contributed by atoms with E-state index < -0.39 is 0 Å². The maximum atomic E-state index is 6.54. The van der Waals surface area contributed by atoms with Gasteiger partial charge in [-0.25, -0.2) is 15.0 Å². The fraction of sp³-hybridized carbons (Fsp3) is 0.0377. The first kappa shape index (κ1) is 32.6. The normalized spacial score (nSPS) is 12.8. The van der Waals surface area contributed by atoms with Gasteiger partial charge in [0.1, 0.15) is 22.5 Å². The molecule has 11 aromatic rings. The van der Waals surface area contributed by atoms with E-state index in [1.54, 1.807) is 0 Å². The Morgan fingerprint density at radius 2 is 1.05 bits per heavy atom. The van der Waals surface area contributed by atoms with Gasteiger partial charge in [0.2, 0.25) is 0 Å². The van der Waals surface area contributed by atoms with Crippen LogP contribution in [0.15, 0.2) is 185 Å². The van der Waals surface area contributed by atoms with Crippen LogP contribution in [0.4, 0.5) is 0 Å². The van der Waals surface area contributed by atoms with Crippen LogP contribution in [0.5, 0.6) is 0 Å². The molecule has 1 aliphatic rings. The van der Waals surface area contributed by atoms with Crippen LogP contribution < -0.4 is 0 Å². The lowest BCUT2D eigenvalue weighted by atomic mass is 9.90. The Morgan fingerprint density at radius 1 is 0.397 bits per heavy atom. The van der Waals surface area contributed by atoms with E-state index in [0.29, 0.717) is 17.5 Å². The number of benzene rings is 8. The third-order valence-electron chi connectivity index (χ3n) is 11.6. The van der Waals surface area contributed by atoms with Crippen molar-refractivity contribution in [1.82, 2.24) is 15.0 Å². The zero-order valence-corrected chi connectivity index (χ0v) is 31.3. The van der Waals surface area contributed by atoms with Crippen LogP contribution in [0.3, 0.4) is 0 Å². The Balaban J connectivity index is 1.10. The molecule has 58 heavy (non-hydrogen) atoms. The van der Waals surface area contributed by atoms with Crippen LogP contribution in [-0.4, -0.2) is 15.0 Å². The van der Waals surface area contributed by atoms with E-state index in [0.717, 1.165) is 112 Å². The molecule has 0 spiro atoms. The molecule has 0 unspecified atom stereocenters. The van der Waals surface area contributed by atoms with Gasteiger partial charge in [0.25, 0.3) is 0 Å². The van der Waals surface area contributed by atoms with Gasteiger partial charge in [-0.3, -0.25) is 0 Å². The fourth-order valence-electron chi connectivity index (χ4n) is 8.89. The molecule has 5 nitrogen and oxygen atoms in total. The minimum atomic E-state index is 0.619. The van der Waals surface area contributed by atoms with Gasteiger partial charge in [-0.05, 0) is 86.6 Å². The average molecular weight is 744 g/mol. The van der Waals surface area contributed by atoms with Gasteiger partial charge in [-0.1, -0.05) is 140 Å². The lowest BCUT2D eigenvalue weighted by molar-refractivity contribution is 0.545. The molecule has 272 valence electrons. The molecule has 0 fully saturated rings. The monoisotopic (exact) mass is 743 g/mol. The summed E-state index contributed by atoms with van der Waals surface area (Å²) in [6, 6.07) is 59.4. The van der Waals surface area contributed by atoms with Crippen molar-refractivity contribution >= 4 is 60.0 Å². The number of hydrogen-bond acceptors (Lipinski definition) is 5. The SMILES string of the molecule is C1=C(c2nc(-c3ccc4ccccc4c3)nc(-c3ccc(-c4cc(-c5ccccc5)cc5oc6ccccc6c45)c4ccccc34)n2)c2c(oc3ccccc23)CC1. The van der Waals surface area contributed by atoms with Gasteiger partial charge in [0.05, 0.1) is 0 Å². The van der Waals surface area contributed by atoms with E-state index in [-0.39, 0.29) is 0 Å². The van der Waals surface area contributed by atoms with E-state index in [9.17, 15) is 0 Å². The van der Waals surface area contributed by atoms with Crippen LogP contribution in [0.25, 0.3) is 105 Å². The molecule has 0 bridgehead atoms. The molecule has 5 heteroatoms. The molecule has 1 aliphatic carbocycles. The molecule has 0 saturated carbocycles. The van der Waals surface area contributed by atoms with Gasteiger partial charge in [0.15, 0.2) is 17.5 Å². The zero-order valence-electron chi connectivity index (χ0n) is 31.3. The first-order valence-corrected chi connectivity index (χ1v) is 19.7. The summed E-state index contributed by atoms with van der Waals surface area (Å²) in [5.41, 5.74) is 11.0. The average Bonchev–Trinajstić information content (AvgIpc) is 3.87. The largest absolute Gasteiger partial charge is 0.460 e. The highest BCUT2D eigenvalue weighted by atomic mass is 16.3. The van der Waals surface area contributed by atoms with Gasteiger partial charge in [-0.15, -0.1) is 0 Å². The predicted octanol–water partition coefficient (Wildman–Crippen LogP) is 13.9. The van der Waals surface area contributed by atoms with Crippen molar-refractivity contribution in [3.05, 3.63) is 193 Å². The van der Waals surface area contributed by atoms with Crippen molar-refractivity contribution < 1.29 is 8.83 Å². The second-order valence-corrected chi connectivity index (χ2v) is 15.0. The number of hydrogen-bond donors (Lipinski definition) is 0. The first-order chi connectivity index (χ1) is 28.7. The molecule has 0 radical (unpaired) electrons. The van der Waals surface area contributed by atoms with E-state index in [4.69, 9.17) is 23.8 Å². The number of allylic oxidation sites excluding steroid dienone is 1. The molecule has 0 saturated heterocycles. The molecule has 0 atom stereocenters. The number of aryl methyl sites for hydroxylation is 1. The molecular weight excluding hydrogens is 711 g/mol. The molecule has 0 aliphatic heterocycles. The number of fused-ring (bicyclic) bond motifs is 8. The topological polar surface area (TPSA) is 65.0 Å². The van der Waals surface area contributed by atoms with Gasteiger partial charge >= 0.3 is 0 Å². The van der Waals surface area contributed by atoms with Crippen molar-refractivity contribution in [2.24, 2.45) is 0 Å². The molecule has 12 rings (SSSR count). The molecule has 0 amide bonds. The number of aromatic nitrogens is 3. The van der Waals surface area contributed by atoms with Crippen molar-refractivity contribution in [1.29, 1.82) is 0 Å². The van der Waals surface area contributed by atoms with E-state index >= 15 is 0 Å². The third-order valence-corrected chi connectivity index (χ3v) is 11.6. The fourth-order valence-corrected chi connectivity index (χ4v) is 8.89. The van der Waals surface area contributed by atoms with E-state index in [2.05, 4.69) is 152 Å². The highest BCUT2D eigenvalue weighted by Crippen LogP contribution is 2.44. The smallest absolute Gasteiger partial charge is 0.164 e. The number of rotatable bonds is 5. The summed E-state index contributed by atoms with van der Waals surface area (Å²) in [7, 11) is 0. The predicted molar refractivity (Wildman–Crippen MR) is 235 cm³/mol. The molecule has 0 N–H and O–H groups in total. The van der Waals surface area contributed by atoms with Crippen molar-refractivity contribution in [3.63, 3.8) is 0 Å². The Labute approximate surface area is 333 Å². The quantitative estimate of drug-likeness (QED) is 0.176. The van der Waals surface area contributed by atoms with Gasteiger partial charge in [-0.2, -0.15) is 0 Å². The molecule has 8 aromatic carbocycles. The standard InChI is InChI=1S/C53H33N3O2/c1-2-13-32(14-3-1)36-30-44(50-42-20-9-11-23-46(42)58-48(50)31-36)39-27-28-40(38-18-7-6-17-37(38)39)52-54-51(35-26-25-33-15-4-5-16-34(33)29-35)55-53(56-52)43-21-12-24-47-49(43)41-19-8-10-22-45(41)57-47/h1-11,13-23,25-31H,12,24H2. The summed E-state index contributed by atoms with van der Waals surface area (Å²) in [5, 5.41) is 7.72. The molecular formula is C53H33N3O2. The minimum absolute atomic E-state index is 0.619. The number of nitrogens with zero attached hydrogens (tertiary/aromatic N) is 3. The van der Waals surface area contributed by atoms with Crippen molar-refractivity contribution in [2.45, 2.75) is 12.8 Å². The van der Waals surface area contributed by atoms with Crippen molar-refractivity contribution in [3.8, 4) is 45.0 Å². The molecule has 3 heterocycles. The second-order valence-electron chi connectivity index (χ2n) is 15.0. The summed E-state index contributed by atoms with van der Waals surface area (Å²) in [4.78, 5) is 15.9. The third kappa shape index (κ3) is 5.21. The van der Waals surface area contributed by atoms with E-state index in [1.165, 1.54) is 5.39 Å². The van der Waals surface area contributed by atoms with Crippen LogP contribution in [0.1, 0.15) is 23.6 Å². The Morgan fingerprint density at radius 3 is 1.90 bits per heavy atom. The number of para-hydroxylation sites is 2. The Hall–Kier alpha value is -7.63. The molecule has 3 aromatic heterocycles. The highest BCUT2D eigenvalue weighted by Gasteiger charge is 2.26.